The number of rotatable bonds is 7. The molecule has 0 spiro atoms. The summed E-state index contributed by atoms with van der Waals surface area (Å²) < 4.78 is 10.6. The highest BCUT2D eigenvalue weighted by atomic mass is 16.5. The van der Waals surface area contributed by atoms with E-state index in [4.69, 9.17) is 14.3 Å². The number of carboxylic acids is 1. The van der Waals surface area contributed by atoms with Crippen molar-refractivity contribution in [2.75, 3.05) is 13.2 Å². The van der Waals surface area contributed by atoms with Gasteiger partial charge >= 0.3 is 5.97 Å². The van der Waals surface area contributed by atoms with Gasteiger partial charge in [0.25, 0.3) is 0 Å². The lowest BCUT2D eigenvalue weighted by molar-refractivity contribution is 0.0692. The molecule has 1 aromatic carbocycles. The van der Waals surface area contributed by atoms with Crippen LogP contribution >= 0.6 is 0 Å². The van der Waals surface area contributed by atoms with Crippen molar-refractivity contribution in [3.63, 3.8) is 0 Å². The second-order valence-electron chi connectivity index (χ2n) is 3.91. The second kappa shape index (κ2) is 6.61. The number of hydrogen-bond acceptors (Lipinski definition) is 4. The average molecular weight is 261 g/mol. The van der Waals surface area contributed by atoms with Crippen LogP contribution in [-0.2, 0) is 6.54 Å². The molecule has 0 aliphatic heterocycles. The van der Waals surface area contributed by atoms with Crippen LogP contribution in [0.15, 0.2) is 47.1 Å². The van der Waals surface area contributed by atoms with Crippen LogP contribution in [0.25, 0.3) is 0 Å². The molecule has 0 radical (unpaired) electrons. The normalized spacial score (nSPS) is 10.3. The van der Waals surface area contributed by atoms with Crippen molar-refractivity contribution in [3.05, 3.63) is 54.0 Å². The number of para-hydroxylation sites is 1. The molecule has 2 aromatic rings. The molecule has 5 heteroatoms. The summed E-state index contributed by atoms with van der Waals surface area (Å²) in [6, 6.07) is 10.3. The zero-order valence-electron chi connectivity index (χ0n) is 10.3. The number of carboxylic acid groups (broad SMARTS) is 1. The Kier molecular flexibility index (Phi) is 4.58. The maximum absolute atomic E-state index is 11.0. The maximum atomic E-state index is 11.0. The third kappa shape index (κ3) is 3.86. The first-order valence-electron chi connectivity index (χ1n) is 5.95. The first-order valence-corrected chi connectivity index (χ1v) is 5.95. The number of hydrogen-bond donors (Lipinski definition) is 2. The van der Waals surface area contributed by atoms with E-state index in [0.29, 0.717) is 25.4 Å². The van der Waals surface area contributed by atoms with Crippen LogP contribution in [0.5, 0.6) is 5.75 Å². The Morgan fingerprint density at radius 2 is 2.11 bits per heavy atom. The van der Waals surface area contributed by atoms with E-state index in [-0.39, 0.29) is 5.56 Å². The quantitative estimate of drug-likeness (QED) is 0.747. The van der Waals surface area contributed by atoms with Gasteiger partial charge in [-0.25, -0.2) is 4.79 Å². The monoisotopic (exact) mass is 261 g/mol. The molecule has 0 amide bonds. The van der Waals surface area contributed by atoms with Gasteiger partial charge in [-0.05, 0) is 24.3 Å². The number of carbonyl (C=O) groups is 1. The van der Waals surface area contributed by atoms with Gasteiger partial charge in [0.05, 0.1) is 12.8 Å². The lowest BCUT2D eigenvalue weighted by atomic mass is 10.2. The molecular formula is C14H15NO4. The second-order valence-corrected chi connectivity index (χ2v) is 3.91. The fourth-order valence-electron chi connectivity index (χ4n) is 1.63. The van der Waals surface area contributed by atoms with Crippen molar-refractivity contribution in [2.45, 2.75) is 6.54 Å². The van der Waals surface area contributed by atoms with Crippen LogP contribution in [0.4, 0.5) is 0 Å². The Hall–Kier alpha value is -2.27. The van der Waals surface area contributed by atoms with E-state index < -0.39 is 5.97 Å². The van der Waals surface area contributed by atoms with E-state index >= 15 is 0 Å². The molecule has 5 nitrogen and oxygen atoms in total. The minimum atomic E-state index is -0.987. The summed E-state index contributed by atoms with van der Waals surface area (Å²) in [7, 11) is 0. The van der Waals surface area contributed by atoms with E-state index in [1.54, 1.807) is 24.5 Å². The van der Waals surface area contributed by atoms with E-state index in [0.717, 1.165) is 5.76 Å². The molecule has 0 unspecified atom stereocenters. The van der Waals surface area contributed by atoms with Crippen LogP contribution in [0.1, 0.15) is 16.1 Å². The van der Waals surface area contributed by atoms with Crippen LogP contribution in [0.3, 0.4) is 0 Å². The number of ether oxygens (including phenoxy) is 1. The average Bonchev–Trinajstić information content (AvgIpc) is 2.92. The number of aromatic carboxylic acids is 1. The van der Waals surface area contributed by atoms with Gasteiger partial charge in [0.15, 0.2) is 0 Å². The first-order chi connectivity index (χ1) is 9.27. The summed E-state index contributed by atoms with van der Waals surface area (Å²) >= 11 is 0. The molecule has 2 N–H and O–H groups in total. The molecule has 100 valence electrons. The molecule has 1 aromatic heterocycles. The zero-order chi connectivity index (χ0) is 13.5. The van der Waals surface area contributed by atoms with Crippen molar-refractivity contribution < 1.29 is 19.1 Å². The topological polar surface area (TPSA) is 71.7 Å². The lowest BCUT2D eigenvalue weighted by Gasteiger charge is -2.09. The molecule has 0 fully saturated rings. The Labute approximate surface area is 110 Å². The van der Waals surface area contributed by atoms with Gasteiger partial charge in [-0.1, -0.05) is 12.1 Å². The van der Waals surface area contributed by atoms with Gasteiger partial charge in [0, 0.05) is 6.54 Å². The Morgan fingerprint density at radius 1 is 1.26 bits per heavy atom. The molecule has 1 heterocycles. The fraction of sp³-hybridized carbons (Fsp3) is 0.214. The summed E-state index contributed by atoms with van der Waals surface area (Å²) in [4.78, 5) is 11.0. The molecule has 0 aliphatic rings. The van der Waals surface area contributed by atoms with E-state index in [1.807, 2.05) is 12.1 Å². The first kappa shape index (κ1) is 13.2. The number of benzene rings is 1. The van der Waals surface area contributed by atoms with Crippen molar-refractivity contribution in [3.8, 4) is 5.75 Å². The van der Waals surface area contributed by atoms with Crippen molar-refractivity contribution >= 4 is 5.97 Å². The highest BCUT2D eigenvalue weighted by Gasteiger charge is 2.09. The van der Waals surface area contributed by atoms with Gasteiger partial charge in [0.2, 0.25) is 0 Å². The van der Waals surface area contributed by atoms with Crippen molar-refractivity contribution in [1.29, 1.82) is 0 Å². The third-order valence-electron chi connectivity index (χ3n) is 2.53. The summed E-state index contributed by atoms with van der Waals surface area (Å²) in [5.74, 6) is 0.250. The molecule has 0 aliphatic carbocycles. The maximum Gasteiger partial charge on any atom is 0.339 e. The molecule has 0 saturated heterocycles. The number of nitrogens with one attached hydrogen (secondary N) is 1. The Bertz CT molecular complexity index is 522. The molecule has 0 bridgehead atoms. The van der Waals surface area contributed by atoms with Crippen LogP contribution in [-0.4, -0.2) is 24.2 Å². The highest BCUT2D eigenvalue weighted by molar-refractivity contribution is 5.90. The van der Waals surface area contributed by atoms with Gasteiger partial charge in [-0.2, -0.15) is 0 Å². The highest BCUT2D eigenvalue weighted by Crippen LogP contribution is 2.17. The molecular weight excluding hydrogens is 246 g/mol. The summed E-state index contributed by atoms with van der Waals surface area (Å²) in [6.45, 7) is 1.62. The Morgan fingerprint density at radius 3 is 2.84 bits per heavy atom. The number of furan rings is 1. The van der Waals surface area contributed by atoms with Gasteiger partial charge in [-0.3, -0.25) is 0 Å². The predicted octanol–water partition coefficient (Wildman–Crippen LogP) is 2.15. The summed E-state index contributed by atoms with van der Waals surface area (Å²) in [6.07, 6.45) is 1.62. The predicted molar refractivity (Wildman–Crippen MR) is 69.3 cm³/mol. The molecule has 0 saturated carbocycles. The largest absolute Gasteiger partial charge is 0.491 e. The molecule has 0 atom stereocenters. The zero-order valence-corrected chi connectivity index (χ0v) is 10.3. The van der Waals surface area contributed by atoms with Crippen LogP contribution < -0.4 is 10.1 Å². The van der Waals surface area contributed by atoms with Gasteiger partial charge < -0.3 is 19.6 Å². The van der Waals surface area contributed by atoms with Crippen LogP contribution in [0.2, 0.25) is 0 Å². The van der Waals surface area contributed by atoms with E-state index in [1.165, 1.54) is 6.07 Å². The minimum Gasteiger partial charge on any atom is -0.491 e. The SMILES string of the molecule is O=C(O)c1ccccc1OCCNCc1ccco1. The van der Waals surface area contributed by atoms with Crippen molar-refractivity contribution in [2.24, 2.45) is 0 Å². The van der Waals surface area contributed by atoms with Gasteiger partial charge in [0.1, 0.15) is 23.7 Å². The van der Waals surface area contributed by atoms with Gasteiger partial charge in [-0.15, -0.1) is 0 Å². The third-order valence-corrected chi connectivity index (χ3v) is 2.53. The van der Waals surface area contributed by atoms with Crippen molar-refractivity contribution in [1.82, 2.24) is 5.32 Å². The Balaban J connectivity index is 1.75. The van der Waals surface area contributed by atoms with E-state index in [2.05, 4.69) is 5.32 Å². The summed E-state index contributed by atoms with van der Waals surface area (Å²) in [5, 5.41) is 12.1. The molecule has 2 rings (SSSR count). The van der Waals surface area contributed by atoms with E-state index in [9.17, 15) is 4.79 Å². The van der Waals surface area contributed by atoms with Crippen LogP contribution in [0, 0.1) is 0 Å². The fourth-order valence-corrected chi connectivity index (χ4v) is 1.63. The smallest absolute Gasteiger partial charge is 0.339 e. The lowest BCUT2D eigenvalue weighted by Crippen LogP contribution is -2.20. The summed E-state index contributed by atoms with van der Waals surface area (Å²) in [5.41, 5.74) is 0.175. The standard InChI is InChI=1S/C14H15NO4/c16-14(17)12-5-1-2-6-13(12)19-9-7-15-10-11-4-3-8-18-11/h1-6,8,15H,7,9-10H2,(H,16,17). The molecule has 19 heavy (non-hydrogen) atoms. The minimum absolute atomic E-state index is 0.175.